The number of nitriles is 5. The molecule has 0 fully saturated rings. The van der Waals surface area contributed by atoms with E-state index in [1.54, 1.807) is 106 Å². The van der Waals surface area contributed by atoms with E-state index in [1.165, 1.54) is 12.1 Å². The van der Waals surface area contributed by atoms with Gasteiger partial charge in [-0.3, -0.25) is 0 Å². The molecule has 0 spiro atoms. The van der Waals surface area contributed by atoms with Crippen molar-refractivity contribution >= 4 is 43.6 Å². The van der Waals surface area contributed by atoms with Crippen LogP contribution in [0.2, 0.25) is 0 Å². The topological polar surface area (TPSA) is 129 Å². The monoisotopic (exact) mass is 1050 g/mol. The van der Waals surface area contributed by atoms with E-state index in [-0.39, 0.29) is 28.6 Å². The molecule has 0 bridgehead atoms. The lowest BCUT2D eigenvalue weighted by Gasteiger charge is -2.22. The Bertz CT molecular complexity index is 4600. The van der Waals surface area contributed by atoms with E-state index in [1.807, 2.05) is 72.8 Å². The molecule has 0 unspecified atom stereocenters. The Morgan fingerprint density at radius 2 is 0.650 bits per heavy atom. The van der Waals surface area contributed by atoms with Gasteiger partial charge in [0.1, 0.15) is 6.07 Å². The van der Waals surface area contributed by atoms with Crippen molar-refractivity contribution in [3.63, 3.8) is 0 Å². The van der Waals surface area contributed by atoms with Crippen LogP contribution < -0.4 is 0 Å². The van der Waals surface area contributed by atoms with Gasteiger partial charge in [-0.15, -0.1) is 0 Å². The zero-order valence-electron chi connectivity index (χ0n) is 41.5. The third kappa shape index (κ3) is 8.57. The number of rotatable bonds is 7. The van der Waals surface area contributed by atoms with Gasteiger partial charge in [0, 0.05) is 27.1 Å². The minimum atomic E-state index is -5.31. The SMILES string of the molecule is N#Cc1cccc(-c2ccc3c(c2)c2cc(-c4cccc(C#N)c4)ccc2n3-c2cc(-c3ccc(C(F)(F)F)cc3C(F)(F)F)c(-n3c4ccc(-c5cccc(C#N)c5)cc4c4cc(-c5cccc(C#N)c5)ccc43)cc2C#N)c1. The van der Waals surface area contributed by atoms with Gasteiger partial charge in [0.2, 0.25) is 0 Å². The Morgan fingerprint density at radius 1 is 0.300 bits per heavy atom. The van der Waals surface area contributed by atoms with Gasteiger partial charge >= 0.3 is 12.4 Å². The number of alkyl halides is 6. The molecule has 80 heavy (non-hydrogen) atoms. The molecule has 0 radical (unpaired) electrons. The Hall–Kier alpha value is -11.2. The lowest BCUT2D eigenvalue weighted by Crippen LogP contribution is -2.13. The van der Waals surface area contributed by atoms with Crippen LogP contribution in [0.1, 0.15) is 38.9 Å². The van der Waals surface area contributed by atoms with E-state index < -0.39 is 29.0 Å². The molecule has 0 aliphatic rings. The van der Waals surface area contributed by atoms with Gasteiger partial charge in [0.25, 0.3) is 0 Å². The van der Waals surface area contributed by atoms with Gasteiger partial charge in [-0.25, -0.2) is 0 Å². The summed E-state index contributed by atoms with van der Waals surface area (Å²) in [5.74, 6) is 0. The smallest absolute Gasteiger partial charge is 0.309 e. The molecule has 0 amide bonds. The molecule has 0 atom stereocenters. The summed E-state index contributed by atoms with van der Waals surface area (Å²) in [5.41, 5.74) is 5.80. The van der Waals surface area contributed by atoms with Gasteiger partial charge in [-0.05, 0) is 171 Å². The molecule has 12 rings (SSSR count). The van der Waals surface area contributed by atoms with E-state index in [0.29, 0.717) is 94.2 Å². The first-order valence-electron chi connectivity index (χ1n) is 24.7. The van der Waals surface area contributed by atoms with Crippen molar-refractivity contribution in [1.29, 1.82) is 26.3 Å². The first-order valence-corrected chi connectivity index (χ1v) is 24.7. The molecule has 2 aromatic heterocycles. The average molecular weight is 1050 g/mol. The molecule has 12 aromatic rings. The van der Waals surface area contributed by atoms with Crippen LogP contribution in [0.5, 0.6) is 0 Å². The van der Waals surface area contributed by atoms with Crippen LogP contribution >= 0.6 is 0 Å². The fourth-order valence-electron chi connectivity index (χ4n) is 10.8. The number of fused-ring (bicyclic) bond motifs is 6. The summed E-state index contributed by atoms with van der Waals surface area (Å²) in [6.45, 7) is 0. The lowest BCUT2D eigenvalue weighted by atomic mass is 9.93. The minimum absolute atomic E-state index is 0.00416. The minimum Gasteiger partial charge on any atom is -0.309 e. The Morgan fingerprint density at radius 3 is 0.975 bits per heavy atom. The predicted octanol–water partition coefficient (Wildman–Crippen LogP) is 17.6. The number of hydrogen-bond donors (Lipinski definition) is 0. The van der Waals surface area contributed by atoms with Crippen LogP contribution in [0.4, 0.5) is 26.3 Å². The fraction of sp³-hybridized carbons (Fsp3) is 0.0299. The highest BCUT2D eigenvalue weighted by Gasteiger charge is 2.39. The molecular weight excluding hydrogens is 1020 g/mol. The zero-order chi connectivity index (χ0) is 55.6. The largest absolute Gasteiger partial charge is 0.417 e. The van der Waals surface area contributed by atoms with Gasteiger partial charge < -0.3 is 9.13 Å². The molecule has 7 nitrogen and oxygen atoms in total. The van der Waals surface area contributed by atoms with E-state index >= 15 is 13.2 Å². The summed E-state index contributed by atoms with van der Waals surface area (Å²) in [6, 6.07) is 65.6. The second kappa shape index (κ2) is 19.1. The van der Waals surface area contributed by atoms with Crippen molar-refractivity contribution in [2.75, 3.05) is 0 Å². The maximum absolute atomic E-state index is 15.7. The Labute approximate surface area is 452 Å². The highest BCUT2D eigenvalue weighted by atomic mass is 19.4. The van der Waals surface area contributed by atoms with Crippen molar-refractivity contribution < 1.29 is 26.3 Å². The molecule has 0 aliphatic heterocycles. The molecule has 378 valence electrons. The molecule has 0 N–H and O–H groups in total. The van der Waals surface area contributed by atoms with Crippen molar-refractivity contribution in [2.45, 2.75) is 12.4 Å². The molecule has 10 aromatic carbocycles. The highest BCUT2D eigenvalue weighted by Crippen LogP contribution is 2.47. The summed E-state index contributed by atoms with van der Waals surface area (Å²) >= 11 is 0. The summed E-state index contributed by atoms with van der Waals surface area (Å²) in [4.78, 5) is 0. The normalized spacial score (nSPS) is 11.6. The van der Waals surface area contributed by atoms with E-state index in [2.05, 4.69) is 30.3 Å². The fourth-order valence-corrected chi connectivity index (χ4v) is 10.8. The molecule has 2 heterocycles. The second-order valence-electron chi connectivity index (χ2n) is 19.1. The number of aromatic nitrogens is 2. The molecule has 0 saturated carbocycles. The number of nitrogens with zero attached hydrogens (tertiary/aromatic N) is 7. The molecule has 0 saturated heterocycles. The highest BCUT2D eigenvalue weighted by molar-refractivity contribution is 6.14. The van der Waals surface area contributed by atoms with Crippen LogP contribution in [0.15, 0.2) is 200 Å². The van der Waals surface area contributed by atoms with Gasteiger partial charge in [-0.1, -0.05) is 78.9 Å². The van der Waals surface area contributed by atoms with Crippen molar-refractivity contribution in [2.24, 2.45) is 0 Å². The number of hydrogen-bond acceptors (Lipinski definition) is 5. The maximum Gasteiger partial charge on any atom is 0.417 e. The summed E-state index contributed by atoms with van der Waals surface area (Å²) < 4.78 is 93.9. The first kappa shape index (κ1) is 49.7. The first-order chi connectivity index (χ1) is 38.7. The number of halogens is 6. The zero-order valence-corrected chi connectivity index (χ0v) is 41.5. The summed E-state index contributed by atoms with van der Waals surface area (Å²) in [7, 11) is 0. The number of benzene rings is 10. The van der Waals surface area contributed by atoms with Crippen LogP contribution in [0.25, 0.3) is 111 Å². The summed E-state index contributed by atoms with van der Waals surface area (Å²) in [6.07, 6.45) is -10.4. The van der Waals surface area contributed by atoms with Crippen LogP contribution in [-0.2, 0) is 12.4 Å². The van der Waals surface area contributed by atoms with Gasteiger partial charge in [0.05, 0.1) is 96.7 Å². The standard InChI is InChI=1S/C67H33F6N7/c68-66(69,70)52-17-18-53(59(32-52)67(71,72)73)58-33-64(79-60-19-13-47(43-9-1-5-39(23-43)34-74)27-54(60)55-28-48(14-20-61(55)79)44-10-2-6-40(24-44)35-75)51(38-78)31-65(58)80-62-21-15-49(45-11-3-7-41(25-45)36-76)29-56(62)57-30-50(16-22-63(57)80)46-12-4-8-42(26-46)37-77/h1-33H. The second-order valence-corrected chi connectivity index (χ2v) is 19.1. The lowest BCUT2D eigenvalue weighted by molar-refractivity contribution is -0.142. The Balaban J connectivity index is 1.19. The molecule has 13 heteroatoms. The van der Waals surface area contributed by atoms with E-state index in [0.717, 1.165) is 28.3 Å². The van der Waals surface area contributed by atoms with Gasteiger partial charge in [0.15, 0.2) is 0 Å². The van der Waals surface area contributed by atoms with Crippen molar-refractivity contribution in [3.05, 3.63) is 239 Å². The third-order valence-electron chi connectivity index (χ3n) is 14.5. The van der Waals surface area contributed by atoms with E-state index in [9.17, 15) is 39.5 Å². The van der Waals surface area contributed by atoms with Crippen LogP contribution in [0, 0.1) is 56.7 Å². The third-order valence-corrected chi connectivity index (χ3v) is 14.5. The maximum atomic E-state index is 15.7. The van der Waals surface area contributed by atoms with E-state index in [4.69, 9.17) is 0 Å². The predicted molar refractivity (Wildman–Crippen MR) is 296 cm³/mol. The van der Waals surface area contributed by atoms with Crippen LogP contribution in [-0.4, -0.2) is 9.13 Å². The van der Waals surface area contributed by atoms with Crippen molar-refractivity contribution in [3.8, 4) is 97.4 Å². The molecular formula is C67H33F6N7. The molecule has 0 aliphatic carbocycles. The quantitative estimate of drug-likeness (QED) is 0.147. The van der Waals surface area contributed by atoms with Gasteiger partial charge in [-0.2, -0.15) is 52.7 Å². The average Bonchev–Trinajstić information content (AvgIpc) is 4.10. The Kier molecular flexibility index (Phi) is 11.9. The summed E-state index contributed by atoms with van der Waals surface area (Å²) in [5, 5.41) is 53.1. The van der Waals surface area contributed by atoms with Crippen molar-refractivity contribution in [1.82, 2.24) is 9.13 Å². The van der Waals surface area contributed by atoms with Crippen LogP contribution in [0.3, 0.4) is 0 Å².